The lowest BCUT2D eigenvalue weighted by molar-refractivity contribution is -0.126. The lowest BCUT2D eigenvalue weighted by Crippen LogP contribution is -2.21. The van der Waals surface area contributed by atoms with Crippen LogP contribution >= 0.6 is 0 Å². The highest BCUT2D eigenvalue weighted by Gasteiger charge is 2.19. The summed E-state index contributed by atoms with van der Waals surface area (Å²) in [6.45, 7) is 0.361. The van der Waals surface area contributed by atoms with E-state index in [1.54, 1.807) is 0 Å². The van der Waals surface area contributed by atoms with Crippen LogP contribution in [0.25, 0.3) is 0 Å². The maximum atomic E-state index is 10.4. The summed E-state index contributed by atoms with van der Waals surface area (Å²) in [4.78, 5) is 10.4. The fourth-order valence-corrected chi connectivity index (χ4v) is 0.526. The van der Waals surface area contributed by atoms with Crippen molar-refractivity contribution in [1.29, 1.82) is 0 Å². The molecule has 1 aliphatic rings. The minimum atomic E-state index is -0.910. The largest absolute Gasteiger partial charge is 0.383 e. The highest BCUT2D eigenvalue weighted by molar-refractivity contribution is 5.82. The number of aliphatic hydroxyl groups excluding tert-OH is 1. The second kappa shape index (κ2) is 1.50. The van der Waals surface area contributed by atoms with Crippen molar-refractivity contribution < 1.29 is 11.3 Å². The third-order valence-corrected chi connectivity index (χ3v) is 0.955. The van der Waals surface area contributed by atoms with Gasteiger partial charge in [0.05, 0.1) is 0 Å². The molecule has 0 spiro atoms. The minimum absolute atomic E-state index is 0.361. The van der Waals surface area contributed by atoms with Gasteiger partial charge >= 0.3 is 0 Å². The van der Waals surface area contributed by atoms with E-state index in [-0.39, 0.29) is 0 Å². The maximum Gasteiger partial charge on any atom is 0.248 e. The van der Waals surface area contributed by atoms with Crippen LogP contribution in [0.15, 0.2) is 0 Å². The van der Waals surface area contributed by atoms with Crippen LogP contribution in [0.3, 0.4) is 0 Å². The summed E-state index contributed by atoms with van der Waals surface area (Å²) in [5.41, 5.74) is 0. The third-order valence-electron chi connectivity index (χ3n) is 0.955. The van der Waals surface area contributed by atoms with Gasteiger partial charge in [0.1, 0.15) is 6.10 Å². The van der Waals surface area contributed by atoms with Crippen LogP contribution in [0.5, 0.6) is 0 Å². The molecule has 0 aromatic heterocycles. The third kappa shape index (κ3) is 0.718. The lowest BCUT2D eigenvalue weighted by atomic mass is 10.3. The summed E-state index contributed by atoms with van der Waals surface area (Å²) in [5.74, 6) is -0.481. The Labute approximate surface area is 42.8 Å². The number of amides is 1. The van der Waals surface area contributed by atoms with E-state index in [9.17, 15) is 4.79 Å². The average Bonchev–Trinajstić information content (AvgIpc) is 1.98. The van der Waals surface area contributed by atoms with E-state index in [1.807, 2.05) is 0 Å². The molecule has 0 saturated carbocycles. The Kier molecular flexibility index (Phi) is 0.736. The van der Waals surface area contributed by atoms with Gasteiger partial charge in [-0.3, -0.25) is 4.79 Å². The van der Waals surface area contributed by atoms with Crippen molar-refractivity contribution in [2.45, 2.75) is 12.5 Å². The second-order valence-corrected chi connectivity index (χ2v) is 1.52. The first kappa shape index (κ1) is 3.43. The van der Waals surface area contributed by atoms with Gasteiger partial charge < -0.3 is 10.4 Å². The van der Waals surface area contributed by atoms with Crippen molar-refractivity contribution in [2.75, 3.05) is 6.54 Å². The first-order chi connectivity index (χ1) is 3.72. The van der Waals surface area contributed by atoms with Gasteiger partial charge in [0.15, 0.2) is 1.41 Å². The van der Waals surface area contributed by atoms with E-state index in [0.29, 0.717) is 13.0 Å². The molecular formula is C4H7NO2. The molecular weight excluding hydrogens is 94.0 g/mol. The first-order valence-corrected chi connectivity index (χ1v) is 2.20. The van der Waals surface area contributed by atoms with Gasteiger partial charge in [-0.1, -0.05) is 0 Å². The van der Waals surface area contributed by atoms with Crippen LogP contribution in [0.2, 0.25) is 1.41 Å². The van der Waals surface area contributed by atoms with E-state index >= 15 is 0 Å². The molecule has 1 amide bonds. The van der Waals surface area contributed by atoms with E-state index in [1.165, 1.54) is 0 Å². The van der Waals surface area contributed by atoms with E-state index in [0.717, 1.165) is 5.31 Å². The molecule has 0 unspecified atom stereocenters. The van der Waals surface area contributed by atoms with Crippen LogP contribution in [0, 0.1) is 0 Å². The SMILES string of the molecule is [2H]N1CC[C@@H](O)C1=O. The normalized spacial score (nSPS) is 33.9. The molecule has 2 N–H and O–H groups in total. The monoisotopic (exact) mass is 102 g/mol. The fraction of sp³-hybridized carbons (Fsp3) is 0.750. The molecule has 0 aromatic rings. The molecule has 3 heteroatoms. The van der Waals surface area contributed by atoms with Gasteiger partial charge in [-0.25, -0.2) is 0 Å². The smallest absolute Gasteiger partial charge is 0.248 e. The molecule has 7 heavy (non-hydrogen) atoms. The van der Waals surface area contributed by atoms with Gasteiger partial charge in [-0.15, -0.1) is 0 Å². The standard InChI is InChI=1S/C4H7NO2/c6-3-1-2-5-4(3)7/h3,6H,1-2H2,(H,5,7)/t3-/m1/s1/i/hD. The Hall–Kier alpha value is -0.570. The molecule has 40 valence electrons. The van der Waals surface area contributed by atoms with Crippen molar-refractivity contribution in [3.05, 3.63) is 0 Å². The number of hydrogen-bond acceptors (Lipinski definition) is 2. The van der Waals surface area contributed by atoms with Gasteiger partial charge in [0, 0.05) is 6.54 Å². The molecule has 1 atom stereocenters. The van der Waals surface area contributed by atoms with Crippen molar-refractivity contribution in [3.8, 4) is 0 Å². The summed E-state index contributed by atoms with van der Waals surface area (Å²) in [6.07, 6.45) is -0.505. The lowest BCUT2D eigenvalue weighted by Gasteiger charge is -1.90. The molecule has 0 aliphatic carbocycles. The zero-order chi connectivity index (χ0) is 6.15. The molecule has 0 aromatic carbocycles. The Balaban J connectivity index is 2.57. The molecule has 0 radical (unpaired) electrons. The zero-order valence-corrected chi connectivity index (χ0v) is 3.79. The summed E-state index contributed by atoms with van der Waals surface area (Å²) >= 11 is 0. The summed E-state index contributed by atoms with van der Waals surface area (Å²) in [7, 11) is 0. The molecule has 1 fully saturated rings. The number of nitrogens with one attached hydrogen (secondary N) is 1. The first-order valence-electron chi connectivity index (χ1n) is 2.65. The molecule has 1 aliphatic heterocycles. The van der Waals surface area contributed by atoms with E-state index < -0.39 is 12.0 Å². The minimum Gasteiger partial charge on any atom is -0.383 e. The highest BCUT2D eigenvalue weighted by Crippen LogP contribution is 1.96. The van der Waals surface area contributed by atoms with E-state index in [4.69, 9.17) is 6.52 Å². The van der Waals surface area contributed by atoms with Crippen molar-refractivity contribution in [3.63, 3.8) is 0 Å². The van der Waals surface area contributed by atoms with Crippen molar-refractivity contribution >= 4 is 5.91 Å². The van der Waals surface area contributed by atoms with E-state index in [2.05, 4.69) is 0 Å². The van der Waals surface area contributed by atoms with Gasteiger partial charge in [0.25, 0.3) is 0 Å². The molecule has 1 rings (SSSR count). The van der Waals surface area contributed by atoms with Crippen molar-refractivity contribution in [2.24, 2.45) is 0 Å². The van der Waals surface area contributed by atoms with Gasteiger partial charge in [0.2, 0.25) is 5.91 Å². The van der Waals surface area contributed by atoms with Crippen LogP contribution < -0.4 is 5.31 Å². The summed E-state index contributed by atoms with van der Waals surface area (Å²) in [5, 5.41) is 9.44. The predicted octanol–water partition coefficient (Wildman–Crippen LogP) is -1.13. The fourth-order valence-electron chi connectivity index (χ4n) is 0.526. The topological polar surface area (TPSA) is 49.3 Å². The zero-order valence-electron chi connectivity index (χ0n) is 4.79. The maximum absolute atomic E-state index is 10.4. The molecule has 3 nitrogen and oxygen atoms in total. The molecule has 1 heterocycles. The predicted molar refractivity (Wildman–Crippen MR) is 23.6 cm³/mol. The average molecular weight is 102 g/mol. The number of carbonyl (C=O) groups excluding carboxylic acids is 1. The Morgan fingerprint density at radius 3 is 3.00 bits per heavy atom. The van der Waals surface area contributed by atoms with Gasteiger partial charge in [-0.2, -0.15) is 0 Å². The number of rotatable bonds is 0. The van der Waals surface area contributed by atoms with Gasteiger partial charge in [-0.05, 0) is 6.42 Å². The van der Waals surface area contributed by atoms with Crippen LogP contribution in [-0.4, -0.2) is 23.7 Å². The molecule has 0 bridgehead atoms. The Morgan fingerprint density at radius 2 is 2.86 bits per heavy atom. The Bertz CT molecular complexity index is 105. The second-order valence-electron chi connectivity index (χ2n) is 1.52. The number of aliphatic hydroxyl groups is 1. The van der Waals surface area contributed by atoms with Crippen LogP contribution in [-0.2, 0) is 4.79 Å². The highest BCUT2D eigenvalue weighted by atomic mass is 16.3. The van der Waals surface area contributed by atoms with Crippen LogP contribution in [0.4, 0.5) is 0 Å². The molecule has 1 saturated heterocycles. The quantitative estimate of drug-likeness (QED) is 0.406. The Morgan fingerprint density at radius 1 is 2.14 bits per heavy atom. The summed E-state index contributed by atoms with van der Waals surface area (Å²) in [6, 6.07) is 0. The number of hydrogen-bond donors (Lipinski definition) is 2. The van der Waals surface area contributed by atoms with Crippen molar-refractivity contribution in [1.82, 2.24) is 5.31 Å². The van der Waals surface area contributed by atoms with Crippen LogP contribution in [0.1, 0.15) is 6.42 Å². The summed E-state index contributed by atoms with van der Waals surface area (Å²) < 4.78 is 6.79. The number of carbonyl (C=O) groups is 1.